The van der Waals surface area contributed by atoms with Gasteiger partial charge in [0.05, 0.1) is 33.9 Å². The Morgan fingerprint density at radius 2 is 1.05 bits per heavy atom. The van der Waals surface area contributed by atoms with Gasteiger partial charge in [0.25, 0.3) is 7.82 Å². The lowest BCUT2D eigenvalue weighted by molar-refractivity contribution is -0.870. The number of phosphoric ester groups is 1. The molecule has 0 aliphatic carbocycles. The number of nitrogens with zero attached hydrogens (tertiary/aromatic N) is 1. The van der Waals surface area contributed by atoms with Crippen molar-refractivity contribution in [3.05, 3.63) is 85.1 Å². The number of hydrogen-bond donors (Lipinski definition) is 1. The summed E-state index contributed by atoms with van der Waals surface area (Å²) < 4.78 is 33.9. The predicted octanol–water partition coefficient (Wildman–Crippen LogP) is 12.3. The number of aliphatic hydroxyl groups excluding tert-OH is 1. The van der Waals surface area contributed by atoms with Gasteiger partial charge in [0, 0.05) is 12.8 Å². The molecule has 11 heteroatoms. The number of unbranched alkanes of at least 4 members (excludes halogenated alkanes) is 12. The van der Waals surface area contributed by atoms with E-state index in [0.717, 1.165) is 89.9 Å². The highest BCUT2D eigenvalue weighted by atomic mass is 31.2. The lowest BCUT2D eigenvalue weighted by atomic mass is 10.1. The molecule has 0 saturated heterocycles. The summed E-state index contributed by atoms with van der Waals surface area (Å²) in [6.07, 6.45) is 50.9. The molecule has 0 aromatic rings. The van der Waals surface area contributed by atoms with Gasteiger partial charge in [0.1, 0.15) is 19.8 Å². The van der Waals surface area contributed by atoms with Gasteiger partial charge in [0.15, 0.2) is 6.10 Å². The lowest BCUT2D eigenvalue weighted by Crippen LogP contribution is -2.37. The largest absolute Gasteiger partial charge is 0.756 e. The van der Waals surface area contributed by atoms with Crippen LogP contribution in [0.25, 0.3) is 0 Å². The monoisotopic (exact) mass is 890 g/mol. The molecule has 0 aliphatic heterocycles. The summed E-state index contributed by atoms with van der Waals surface area (Å²) in [4.78, 5) is 37.6. The minimum atomic E-state index is -4.66. The summed E-state index contributed by atoms with van der Waals surface area (Å²) in [5.41, 5.74) is 0. The van der Waals surface area contributed by atoms with E-state index in [9.17, 15) is 24.2 Å². The summed E-state index contributed by atoms with van der Waals surface area (Å²) in [7, 11) is 1.09. The third-order valence-corrected chi connectivity index (χ3v) is 10.7. The molecule has 0 rings (SSSR count). The van der Waals surface area contributed by atoms with Crippen LogP contribution in [0.1, 0.15) is 168 Å². The molecule has 1 unspecified atom stereocenters. The third-order valence-electron chi connectivity index (χ3n) is 9.71. The first-order chi connectivity index (χ1) is 29.9. The number of esters is 2. The van der Waals surface area contributed by atoms with Crippen LogP contribution < -0.4 is 4.89 Å². The quantitative estimate of drug-likeness (QED) is 0.0209. The van der Waals surface area contributed by atoms with Crippen LogP contribution in [0, 0.1) is 0 Å². The topological polar surface area (TPSA) is 131 Å². The zero-order valence-electron chi connectivity index (χ0n) is 39.6. The van der Waals surface area contributed by atoms with E-state index in [1.165, 1.54) is 32.1 Å². The Labute approximate surface area is 378 Å². The maximum absolute atomic E-state index is 12.7. The smallest absolute Gasteiger partial charge is 0.306 e. The number of phosphoric acid groups is 1. The number of carbonyl (C=O) groups is 2. The molecule has 0 spiro atoms. The third kappa shape index (κ3) is 45.2. The highest BCUT2D eigenvalue weighted by Crippen LogP contribution is 2.38. The van der Waals surface area contributed by atoms with Crippen molar-refractivity contribution >= 4 is 19.8 Å². The highest BCUT2D eigenvalue weighted by Gasteiger charge is 2.21. The van der Waals surface area contributed by atoms with Crippen LogP contribution in [0.4, 0.5) is 0 Å². The summed E-state index contributed by atoms with van der Waals surface area (Å²) in [6, 6.07) is 0. The number of hydrogen-bond acceptors (Lipinski definition) is 9. The van der Waals surface area contributed by atoms with E-state index in [4.69, 9.17) is 18.5 Å². The van der Waals surface area contributed by atoms with Crippen LogP contribution in [-0.4, -0.2) is 81.2 Å². The van der Waals surface area contributed by atoms with Gasteiger partial charge < -0.3 is 33.0 Å². The number of aliphatic hydroxyl groups is 1. The SMILES string of the molecule is CCCCCC/C=C\C/C=C\C/C=C\CCCCCCCCC(=O)O[C@H](COC(=O)CCC/C=C\C/C=C\C/C=C\C/C=C\[C@@H](O)CCCC)COP(=O)([O-])OCC[N+](C)(C)C. The molecule has 0 aliphatic rings. The second-order valence-electron chi connectivity index (χ2n) is 16.9. The summed E-state index contributed by atoms with van der Waals surface area (Å²) in [6.45, 7) is 3.95. The van der Waals surface area contributed by atoms with Crippen molar-refractivity contribution < 1.29 is 47.2 Å². The normalized spacial score (nSPS) is 14.8. The molecule has 0 aromatic carbocycles. The molecule has 10 nitrogen and oxygen atoms in total. The van der Waals surface area contributed by atoms with E-state index in [-0.39, 0.29) is 32.2 Å². The van der Waals surface area contributed by atoms with Crippen molar-refractivity contribution in [1.29, 1.82) is 0 Å². The number of rotatable bonds is 42. The Morgan fingerprint density at radius 1 is 0.581 bits per heavy atom. The number of carbonyl (C=O) groups excluding carboxylic acids is 2. The van der Waals surface area contributed by atoms with Crippen molar-refractivity contribution in [3.63, 3.8) is 0 Å². The maximum atomic E-state index is 12.7. The van der Waals surface area contributed by atoms with Crippen LogP contribution in [-0.2, 0) is 32.7 Å². The van der Waals surface area contributed by atoms with Gasteiger partial charge in [-0.1, -0.05) is 157 Å². The first kappa shape index (κ1) is 59.1. The van der Waals surface area contributed by atoms with Crippen molar-refractivity contribution in [3.8, 4) is 0 Å². The van der Waals surface area contributed by atoms with Crippen molar-refractivity contribution in [1.82, 2.24) is 0 Å². The van der Waals surface area contributed by atoms with Gasteiger partial charge in [-0.05, 0) is 83.5 Å². The number of likely N-dealkylation sites (N-methyl/N-ethyl adjacent to an activating group) is 1. The molecule has 1 N–H and O–H groups in total. The fourth-order valence-electron chi connectivity index (χ4n) is 5.91. The number of allylic oxidation sites excluding steroid dienone is 13. The van der Waals surface area contributed by atoms with Crippen LogP contribution >= 0.6 is 7.82 Å². The lowest BCUT2D eigenvalue weighted by Gasteiger charge is -2.28. The van der Waals surface area contributed by atoms with Crippen molar-refractivity contribution in [2.75, 3.05) is 47.5 Å². The van der Waals surface area contributed by atoms with Gasteiger partial charge in [0.2, 0.25) is 0 Å². The maximum Gasteiger partial charge on any atom is 0.306 e. The molecule has 0 bridgehead atoms. The standard InChI is InChI=1S/C51H88NO9P/c1-6-8-10-11-12-13-14-15-16-17-18-19-20-21-22-27-30-33-36-39-43-51(55)61-49(47-60-62(56,57)59-45-44-52(3,4)5)46-58-50(54)42-38-35-32-29-26-24-23-25-28-31-34-37-41-48(53)40-9-7-2/h13-14,16-17,19-20,23-24,28-29,31-32,37,41,48-49,53H,6-12,15,18,21-22,25-27,30,33-36,38-40,42-47H2,1-5H3/b14-13-,17-16-,20-19-,24-23-,31-28-,32-29-,41-37-/t48-,49+/m0/s1. The molecule has 62 heavy (non-hydrogen) atoms. The highest BCUT2D eigenvalue weighted by molar-refractivity contribution is 7.45. The first-order valence-corrected chi connectivity index (χ1v) is 25.3. The Hall–Kier alpha value is -2.85. The minimum absolute atomic E-state index is 0.0535. The van der Waals surface area contributed by atoms with Crippen LogP contribution in [0.5, 0.6) is 0 Å². The zero-order valence-corrected chi connectivity index (χ0v) is 40.5. The Balaban J connectivity index is 4.47. The molecule has 3 atom stereocenters. The first-order valence-electron chi connectivity index (χ1n) is 23.9. The molecular formula is C51H88NO9P. The molecule has 0 saturated carbocycles. The van der Waals surface area contributed by atoms with E-state index >= 15 is 0 Å². The average Bonchev–Trinajstić information content (AvgIpc) is 3.22. The minimum Gasteiger partial charge on any atom is -0.756 e. The van der Waals surface area contributed by atoms with E-state index in [2.05, 4.69) is 80.7 Å². The van der Waals surface area contributed by atoms with E-state index in [1.54, 1.807) is 0 Å². The molecular weight excluding hydrogens is 802 g/mol. The summed E-state index contributed by atoms with van der Waals surface area (Å²) in [5.74, 6) is -0.944. The zero-order chi connectivity index (χ0) is 45.8. The van der Waals surface area contributed by atoms with Crippen molar-refractivity contribution in [2.45, 2.75) is 180 Å². The van der Waals surface area contributed by atoms with E-state index < -0.39 is 32.5 Å². The van der Waals surface area contributed by atoms with Crippen LogP contribution in [0.15, 0.2) is 85.1 Å². The number of ether oxygens (including phenoxy) is 2. The molecule has 0 aromatic heterocycles. The second-order valence-corrected chi connectivity index (χ2v) is 18.3. The van der Waals surface area contributed by atoms with E-state index in [1.807, 2.05) is 39.4 Å². The Kier molecular flexibility index (Phi) is 40.2. The van der Waals surface area contributed by atoms with Gasteiger partial charge in [-0.2, -0.15) is 0 Å². The summed E-state index contributed by atoms with van der Waals surface area (Å²) in [5, 5.41) is 9.83. The van der Waals surface area contributed by atoms with Gasteiger partial charge in [-0.3, -0.25) is 14.2 Å². The molecule has 356 valence electrons. The molecule has 0 heterocycles. The number of quaternary nitrogens is 1. The molecule has 0 fully saturated rings. The van der Waals surface area contributed by atoms with Crippen LogP contribution in [0.3, 0.4) is 0 Å². The Bertz CT molecular complexity index is 1340. The Morgan fingerprint density at radius 3 is 1.60 bits per heavy atom. The second kappa shape index (κ2) is 42.1. The summed E-state index contributed by atoms with van der Waals surface area (Å²) >= 11 is 0. The molecule has 0 amide bonds. The van der Waals surface area contributed by atoms with Crippen LogP contribution in [0.2, 0.25) is 0 Å². The van der Waals surface area contributed by atoms with Gasteiger partial charge in [-0.15, -0.1) is 0 Å². The van der Waals surface area contributed by atoms with Gasteiger partial charge >= 0.3 is 11.9 Å². The fourth-order valence-corrected chi connectivity index (χ4v) is 6.64. The van der Waals surface area contributed by atoms with Crippen molar-refractivity contribution in [2.24, 2.45) is 0 Å². The van der Waals surface area contributed by atoms with E-state index in [0.29, 0.717) is 30.3 Å². The van der Waals surface area contributed by atoms with Gasteiger partial charge in [-0.25, -0.2) is 0 Å². The predicted molar refractivity (Wildman–Crippen MR) is 255 cm³/mol. The fraction of sp³-hybridized carbons (Fsp3) is 0.686. The molecule has 0 radical (unpaired) electrons. The average molecular weight is 890 g/mol.